The Morgan fingerprint density at radius 1 is 0.743 bits per heavy atom. The molecule has 1 aromatic carbocycles. The molecule has 0 aliphatic rings. The molecule has 1 N–H and O–H groups in total. The monoisotopic (exact) mass is 485 g/mol. The summed E-state index contributed by atoms with van der Waals surface area (Å²) in [4.78, 5) is 12.0. The van der Waals surface area contributed by atoms with Crippen LogP contribution in [0.2, 0.25) is 0 Å². The van der Waals surface area contributed by atoms with Crippen LogP contribution in [0, 0.1) is 0 Å². The maximum Gasteiger partial charge on any atom is 0.412 e. The van der Waals surface area contributed by atoms with Crippen LogP contribution in [0.1, 0.15) is 69.9 Å². The van der Waals surface area contributed by atoms with Gasteiger partial charge in [0.05, 0.1) is 0 Å². The fraction of sp³-hybridized carbons (Fsp3) is 0.367. The Hall–Kier alpha value is -3.08. The molecule has 1 unspecified atom stereocenters. The van der Waals surface area contributed by atoms with Crippen molar-refractivity contribution in [2.24, 2.45) is 0 Å². The van der Waals surface area contributed by atoms with Crippen molar-refractivity contribution in [1.82, 2.24) is 5.32 Å². The summed E-state index contributed by atoms with van der Waals surface area (Å²) in [6, 6.07) is 5.43. The molecule has 0 aliphatic carbocycles. The van der Waals surface area contributed by atoms with E-state index in [4.69, 9.17) is 0 Å². The van der Waals surface area contributed by atoms with Gasteiger partial charge in [0.25, 0.3) is 0 Å². The van der Waals surface area contributed by atoms with Gasteiger partial charge in [-0.1, -0.05) is 110 Å². The molecule has 0 saturated heterocycles. The van der Waals surface area contributed by atoms with Gasteiger partial charge < -0.3 is 5.32 Å². The van der Waals surface area contributed by atoms with E-state index in [1.807, 2.05) is 18.2 Å². The Labute approximate surface area is 208 Å². The van der Waals surface area contributed by atoms with E-state index in [2.05, 4.69) is 66.9 Å². The quantitative estimate of drug-likeness (QED) is 0.233. The Kier molecular flexibility index (Phi) is 16.5. The van der Waals surface area contributed by atoms with Gasteiger partial charge in [-0.05, 0) is 50.5 Å². The molecule has 5 heteroatoms. The zero-order valence-electron chi connectivity index (χ0n) is 20.6. The maximum absolute atomic E-state index is 13.3. The molecular weight excluding hydrogens is 447 g/mol. The Morgan fingerprint density at radius 3 is 1.60 bits per heavy atom. The van der Waals surface area contributed by atoms with E-state index in [9.17, 15) is 18.0 Å². The Bertz CT molecular complexity index is 861. The van der Waals surface area contributed by atoms with E-state index < -0.39 is 18.1 Å². The zero-order valence-corrected chi connectivity index (χ0v) is 20.6. The van der Waals surface area contributed by atoms with Gasteiger partial charge in [0.2, 0.25) is 5.91 Å². The highest BCUT2D eigenvalue weighted by Gasteiger charge is 2.41. The van der Waals surface area contributed by atoms with Gasteiger partial charge in [0.15, 0.2) is 6.04 Å². The van der Waals surface area contributed by atoms with Crippen LogP contribution in [-0.2, 0) is 4.79 Å². The van der Waals surface area contributed by atoms with Gasteiger partial charge >= 0.3 is 6.18 Å². The predicted molar refractivity (Wildman–Crippen MR) is 141 cm³/mol. The summed E-state index contributed by atoms with van der Waals surface area (Å²) in [5, 5.41) is 2.10. The normalized spacial score (nSPS) is 13.9. The minimum atomic E-state index is -4.54. The molecule has 0 bridgehead atoms. The number of rotatable bonds is 16. The van der Waals surface area contributed by atoms with Crippen LogP contribution >= 0.6 is 0 Å². The molecule has 0 radical (unpaired) electrons. The number of amides is 1. The van der Waals surface area contributed by atoms with Crippen molar-refractivity contribution in [2.45, 2.75) is 70.5 Å². The number of allylic oxidation sites excluding steroid dienone is 12. The average Bonchev–Trinajstić information content (AvgIpc) is 2.84. The summed E-state index contributed by atoms with van der Waals surface area (Å²) in [6.07, 6.45) is 26.5. The molecule has 190 valence electrons. The first-order valence-electron chi connectivity index (χ1n) is 12.3. The van der Waals surface area contributed by atoms with Crippen LogP contribution in [0.3, 0.4) is 0 Å². The second-order valence-electron chi connectivity index (χ2n) is 7.91. The van der Waals surface area contributed by atoms with Crippen LogP contribution in [0.4, 0.5) is 13.2 Å². The number of alkyl halides is 3. The molecule has 0 spiro atoms. The lowest BCUT2D eigenvalue weighted by Crippen LogP contribution is -2.37. The average molecular weight is 486 g/mol. The van der Waals surface area contributed by atoms with Crippen molar-refractivity contribution < 1.29 is 18.0 Å². The van der Waals surface area contributed by atoms with Crippen molar-refractivity contribution in [3.63, 3.8) is 0 Å². The second-order valence-corrected chi connectivity index (χ2v) is 7.91. The predicted octanol–water partition coefficient (Wildman–Crippen LogP) is 8.88. The minimum absolute atomic E-state index is 0.0155. The van der Waals surface area contributed by atoms with Crippen molar-refractivity contribution >= 4 is 5.91 Å². The first kappa shape index (κ1) is 30.0. The summed E-state index contributed by atoms with van der Waals surface area (Å²) in [6.45, 7) is 2.13. The summed E-state index contributed by atoms with van der Waals surface area (Å²) < 4.78 is 39.9. The van der Waals surface area contributed by atoms with Gasteiger partial charge in [0.1, 0.15) is 0 Å². The van der Waals surface area contributed by atoms with Crippen molar-refractivity contribution in [2.75, 3.05) is 0 Å². The minimum Gasteiger partial charge on any atom is -0.341 e. The van der Waals surface area contributed by atoms with Crippen LogP contribution in [-0.4, -0.2) is 12.1 Å². The topological polar surface area (TPSA) is 29.1 Å². The van der Waals surface area contributed by atoms with E-state index in [1.54, 1.807) is 6.07 Å². The summed E-state index contributed by atoms with van der Waals surface area (Å²) >= 11 is 0. The Balaban J connectivity index is 2.16. The molecule has 0 heterocycles. The molecule has 1 aromatic rings. The van der Waals surface area contributed by atoms with E-state index in [-0.39, 0.29) is 12.0 Å². The highest BCUT2D eigenvalue weighted by molar-refractivity contribution is 5.76. The summed E-state index contributed by atoms with van der Waals surface area (Å²) in [5.74, 6) is -0.615. The standard InChI is InChI=1S/C30H38F3NO/c1-2-3-4-5-6-7-8-9-10-11-12-13-14-15-16-17-18-19-23-26-28(35)34-29(30(31,32)33)27-24-21-20-22-25-27/h3-4,6-7,9-10,12-13,15-16,18-22,24-25,29H,2,5,8,11,14,17,23,26H2,1H3,(H,34,35)/b4-3+,7-6+,10-9+,13-12+,16-15+,19-18+. The third-order valence-electron chi connectivity index (χ3n) is 4.90. The number of hydrogen-bond acceptors (Lipinski definition) is 1. The fourth-order valence-corrected chi connectivity index (χ4v) is 3.09. The maximum atomic E-state index is 13.3. The molecule has 35 heavy (non-hydrogen) atoms. The molecule has 0 aromatic heterocycles. The largest absolute Gasteiger partial charge is 0.412 e. The Morgan fingerprint density at radius 2 is 1.17 bits per heavy atom. The highest BCUT2D eigenvalue weighted by Crippen LogP contribution is 2.32. The lowest BCUT2D eigenvalue weighted by Gasteiger charge is -2.22. The van der Waals surface area contributed by atoms with Crippen LogP contribution in [0.5, 0.6) is 0 Å². The van der Waals surface area contributed by atoms with Gasteiger partial charge in [-0.25, -0.2) is 0 Å². The zero-order chi connectivity index (χ0) is 25.6. The first-order chi connectivity index (χ1) is 16.9. The molecule has 0 fully saturated rings. The van der Waals surface area contributed by atoms with E-state index >= 15 is 0 Å². The van der Waals surface area contributed by atoms with E-state index in [1.165, 1.54) is 24.3 Å². The van der Waals surface area contributed by atoms with E-state index in [0.29, 0.717) is 6.42 Å². The number of hydrogen-bond donors (Lipinski definition) is 1. The third-order valence-corrected chi connectivity index (χ3v) is 4.90. The molecule has 0 saturated carbocycles. The van der Waals surface area contributed by atoms with Gasteiger partial charge in [-0.3, -0.25) is 4.79 Å². The van der Waals surface area contributed by atoms with Crippen LogP contribution in [0.25, 0.3) is 0 Å². The van der Waals surface area contributed by atoms with Crippen molar-refractivity contribution in [3.05, 3.63) is 109 Å². The lowest BCUT2D eigenvalue weighted by atomic mass is 10.1. The molecule has 1 atom stereocenters. The molecular formula is C30H38F3NO. The fourth-order valence-electron chi connectivity index (χ4n) is 3.09. The van der Waals surface area contributed by atoms with Gasteiger partial charge in [-0.15, -0.1) is 0 Å². The number of nitrogens with one attached hydrogen (secondary N) is 1. The summed E-state index contributed by atoms with van der Waals surface area (Å²) in [7, 11) is 0. The first-order valence-corrected chi connectivity index (χ1v) is 12.3. The highest BCUT2D eigenvalue weighted by atomic mass is 19.4. The number of halogens is 3. The van der Waals surface area contributed by atoms with Gasteiger partial charge in [0, 0.05) is 6.42 Å². The number of benzene rings is 1. The molecule has 0 aliphatic heterocycles. The van der Waals surface area contributed by atoms with Crippen molar-refractivity contribution in [1.29, 1.82) is 0 Å². The van der Waals surface area contributed by atoms with Crippen LogP contribution < -0.4 is 5.32 Å². The smallest absolute Gasteiger partial charge is 0.341 e. The van der Waals surface area contributed by atoms with E-state index in [0.717, 1.165) is 38.5 Å². The third kappa shape index (κ3) is 16.2. The SMILES string of the molecule is CC/C=C/C/C=C/C/C=C/C/C=C/C/C=C/C/C=C/CCC(=O)NC(c1ccccc1)C(F)(F)F. The molecule has 2 nitrogen and oxygen atoms in total. The number of carbonyl (C=O) groups is 1. The van der Waals surface area contributed by atoms with Crippen molar-refractivity contribution in [3.8, 4) is 0 Å². The summed E-state index contributed by atoms with van der Waals surface area (Å²) in [5.41, 5.74) is 0.0299. The molecule has 1 amide bonds. The lowest BCUT2D eigenvalue weighted by molar-refractivity contribution is -0.163. The second kappa shape index (κ2) is 19.2. The van der Waals surface area contributed by atoms with Crippen LogP contribution in [0.15, 0.2) is 103 Å². The molecule has 1 rings (SSSR count). The number of carbonyl (C=O) groups excluding carboxylic acids is 1. The van der Waals surface area contributed by atoms with Gasteiger partial charge in [-0.2, -0.15) is 13.2 Å².